The van der Waals surface area contributed by atoms with Crippen molar-refractivity contribution in [2.45, 2.75) is 51.6 Å². The van der Waals surface area contributed by atoms with Crippen molar-refractivity contribution in [1.29, 1.82) is 0 Å². The van der Waals surface area contributed by atoms with Gasteiger partial charge in [-0.3, -0.25) is 0 Å². The van der Waals surface area contributed by atoms with Crippen molar-refractivity contribution >= 4 is 11.5 Å². The van der Waals surface area contributed by atoms with Gasteiger partial charge in [-0.1, -0.05) is 23.8 Å². The topological polar surface area (TPSA) is 37.8 Å². The lowest BCUT2D eigenvalue weighted by molar-refractivity contribution is 0.373. The Morgan fingerprint density at radius 3 is 2.79 bits per heavy atom. The Balaban J connectivity index is 1.79. The van der Waals surface area contributed by atoms with Gasteiger partial charge in [0.15, 0.2) is 0 Å². The first-order valence-corrected chi connectivity index (χ1v) is 6.15. The molecule has 4 heteroatoms. The van der Waals surface area contributed by atoms with Crippen LogP contribution in [-0.2, 0) is 6.54 Å². The number of aryl methyl sites for hydroxylation is 1. The number of hydrogen-bond acceptors (Lipinski definition) is 4. The average molecular weight is 211 g/mol. The van der Waals surface area contributed by atoms with E-state index in [2.05, 4.69) is 14.9 Å². The van der Waals surface area contributed by atoms with E-state index >= 15 is 0 Å². The molecule has 1 N–H and O–H groups in total. The van der Waals surface area contributed by atoms with Gasteiger partial charge in [0.05, 0.1) is 10.6 Å². The molecule has 2 rings (SSSR count). The molecule has 0 spiro atoms. The first-order chi connectivity index (χ1) is 6.86. The van der Waals surface area contributed by atoms with Gasteiger partial charge in [0.25, 0.3) is 0 Å². The van der Waals surface area contributed by atoms with E-state index in [1.54, 1.807) is 0 Å². The third-order valence-electron chi connectivity index (χ3n) is 2.90. The maximum Gasteiger partial charge on any atom is 0.0769 e. The fraction of sp³-hybridized carbons (Fsp3) is 0.800. The van der Waals surface area contributed by atoms with E-state index < -0.39 is 0 Å². The summed E-state index contributed by atoms with van der Waals surface area (Å²) < 4.78 is 3.94. The van der Waals surface area contributed by atoms with Gasteiger partial charge < -0.3 is 5.32 Å². The zero-order valence-electron chi connectivity index (χ0n) is 8.62. The summed E-state index contributed by atoms with van der Waals surface area (Å²) in [6.07, 6.45) is 6.87. The van der Waals surface area contributed by atoms with Crippen molar-refractivity contribution in [1.82, 2.24) is 14.9 Å². The summed E-state index contributed by atoms with van der Waals surface area (Å²) >= 11 is 1.51. The Kier molecular flexibility index (Phi) is 3.48. The molecular weight excluding hydrogens is 194 g/mol. The highest BCUT2D eigenvalue weighted by molar-refractivity contribution is 7.05. The van der Waals surface area contributed by atoms with Gasteiger partial charge in [-0.25, -0.2) is 0 Å². The largest absolute Gasteiger partial charge is 0.309 e. The zero-order valence-corrected chi connectivity index (χ0v) is 9.44. The first kappa shape index (κ1) is 10.1. The first-order valence-electron chi connectivity index (χ1n) is 5.37. The Bertz CT molecular complexity index is 279. The van der Waals surface area contributed by atoms with Crippen molar-refractivity contribution in [3.63, 3.8) is 0 Å². The van der Waals surface area contributed by atoms with Gasteiger partial charge in [0, 0.05) is 12.6 Å². The summed E-state index contributed by atoms with van der Waals surface area (Å²) in [5.41, 5.74) is 1.08. The van der Waals surface area contributed by atoms with Crippen LogP contribution in [0.5, 0.6) is 0 Å². The minimum Gasteiger partial charge on any atom is -0.309 e. The summed E-state index contributed by atoms with van der Waals surface area (Å²) in [5.74, 6) is 0. The quantitative estimate of drug-likeness (QED) is 0.833. The molecule has 78 valence electrons. The molecule has 0 radical (unpaired) electrons. The Labute approximate surface area is 89.1 Å². The average Bonchev–Trinajstić information content (AvgIpc) is 2.63. The summed E-state index contributed by atoms with van der Waals surface area (Å²) in [6.45, 7) is 2.98. The maximum absolute atomic E-state index is 4.01. The van der Waals surface area contributed by atoms with Gasteiger partial charge in [-0.15, -0.1) is 5.10 Å². The molecule has 0 saturated heterocycles. The van der Waals surface area contributed by atoms with Crippen LogP contribution in [-0.4, -0.2) is 15.6 Å². The third kappa shape index (κ3) is 2.51. The zero-order chi connectivity index (χ0) is 9.80. The second-order valence-corrected chi connectivity index (χ2v) is 4.84. The van der Waals surface area contributed by atoms with Crippen LogP contribution in [0.1, 0.15) is 42.7 Å². The highest BCUT2D eigenvalue weighted by Crippen LogP contribution is 2.18. The number of hydrogen-bond donors (Lipinski definition) is 1. The minimum atomic E-state index is 0.727. The number of rotatable bonds is 3. The molecule has 1 fully saturated rings. The Hall–Kier alpha value is -0.480. The molecule has 1 aliphatic rings. The monoisotopic (exact) mass is 211 g/mol. The third-order valence-corrected chi connectivity index (χ3v) is 3.73. The molecule has 1 heterocycles. The molecule has 3 nitrogen and oxygen atoms in total. The second kappa shape index (κ2) is 4.84. The van der Waals surface area contributed by atoms with E-state index in [-0.39, 0.29) is 0 Å². The summed E-state index contributed by atoms with van der Waals surface area (Å²) in [6, 6.07) is 0.727. The van der Waals surface area contributed by atoms with Crippen LogP contribution < -0.4 is 5.32 Å². The SMILES string of the molecule is Cc1nnsc1CNC1CCCCC1. The highest BCUT2D eigenvalue weighted by Gasteiger charge is 2.13. The fourth-order valence-electron chi connectivity index (χ4n) is 1.96. The van der Waals surface area contributed by atoms with Crippen LogP contribution in [0.3, 0.4) is 0 Å². The number of nitrogens with one attached hydrogen (secondary N) is 1. The number of aromatic nitrogens is 2. The lowest BCUT2D eigenvalue weighted by Gasteiger charge is -2.22. The minimum absolute atomic E-state index is 0.727. The molecule has 1 aliphatic carbocycles. The van der Waals surface area contributed by atoms with Crippen molar-refractivity contribution in [2.75, 3.05) is 0 Å². The predicted octanol–water partition coefficient (Wildman–Crippen LogP) is 2.27. The molecular formula is C10H17N3S. The van der Waals surface area contributed by atoms with Crippen LogP contribution in [0, 0.1) is 6.92 Å². The van der Waals surface area contributed by atoms with E-state index in [0.717, 1.165) is 18.3 Å². The van der Waals surface area contributed by atoms with Gasteiger partial charge in [0.1, 0.15) is 0 Å². The second-order valence-electron chi connectivity index (χ2n) is 4.00. The van der Waals surface area contributed by atoms with Gasteiger partial charge in [-0.05, 0) is 31.3 Å². The molecule has 14 heavy (non-hydrogen) atoms. The lowest BCUT2D eigenvalue weighted by atomic mass is 9.95. The number of nitrogens with zero attached hydrogens (tertiary/aromatic N) is 2. The molecule has 0 aliphatic heterocycles. The molecule has 0 bridgehead atoms. The molecule has 0 unspecified atom stereocenters. The maximum atomic E-state index is 4.01. The smallest absolute Gasteiger partial charge is 0.0769 e. The molecule has 0 aromatic carbocycles. The van der Waals surface area contributed by atoms with Gasteiger partial charge >= 0.3 is 0 Å². The molecule has 1 saturated carbocycles. The predicted molar refractivity (Wildman–Crippen MR) is 58.4 cm³/mol. The molecule has 1 aromatic rings. The lowest BCUT2D eigenvalue weighted by Crippen LogP contribution is -2.30. The van der Waals surface area contributed by atoms with E-state index in [1.165, 1.54) is 48.5 Å². The van der Waals surface area contributed by atoms with Crippen molar-refractivity contribution < 1.29 is 0 Å². The van der Waals surface area contributed by atoms with Crippen LogP contribution in [0.2, 0.25) is 0 Å². The van der Waals surface area contributed by atoms with Crippen LogP contribution in [0.4, 0.5) is 0 Å². The van der Waals surface area contributed by atoms with Crippen molar-refractivity contribution in [3.05, 3.63) is 10.6 Å². The van der Waals surface area contributed by atoms with Crippen LogP contribution in [0.15, 0.2) is 0 Å². The van der Waals surface area contributed by atoms with Gasteiger partial charge in [0.2, 0.25) is 0 Å². The normalized spacial score (nSPS) is 18.6. The Morgan fingerprint density at radius 1 is 1.36 bits per heavy atom. The summed E-state index contributed by atoms with van der Waals surface area (Å²) in [4.78, 5) is 1.29. The molecule has 1 aromatic heterocycles. The van der Waals surface area contributed by atoms with E-state index in [1.807, 2.05) is 6.92 Å². The summed E-state index contributed by atoms with van der Waals surface area (Å²) in [5, 5.41) is 7.60. The molecule has 0 amide bonds. The fourth-order valence-corrected chi connectivity index (χ4v) is 2.54. The van der Waals surface area contributed by atoms with E-state index in [0.29, 0.717) is 0 Å². The van der Waals surface area contributed by atoms with Crippen LogP contribution in [0.25, 0.3) is 0 Å². The van der Waals surface area contributed by atoms with E-state index in [9.17, 15) is 0 Å². The highest BCUT2D eigenvalue weighted by atomic mass is 32.1. The van der Waals surface area contributed by atoms with Crippen LogP contribution >= 0.6 is 11.5 Å². The van der Waals surface area contributed by atoms with E-state index in [4.69, 9.17) is 0 Å². The Morgan fingerprint density at radius 2 is 2.14 bits per heavy atom. The van der Waals surface area contributed by atoms with Crippen molar-refractivity contribution in [2.24, 2.45) is 0 Å². The van der Waals surface area contributed by atoms with Gasteiger partial charge in [-0.2, -0.15) is 0 Å². The summed E-state index contributed by atoms with van der Waals surface area (Å²) in [7, 11) is 0. The van der Waals surface area contributed by atoms with Crippen molar-refractivity contribution in [3.8, 4) is 0 Å². The molecule has 0 atom stereocenters. The standard InChI is InChI=1S/C10H17N3S/c1-8-10(14-13-12-8)7-11-9-5-3-2-4-6-9/h9,11H,2-7H2,1H3.